The van der Waals surface area contributed by atoms with Gasteiger partial charge in [-0.25, -0.2) is 0 Å². The lowest BCUT2D eigenvalue weighted by Crippen LogP contribution is -1.97. The van der Waals surface area contributed by atoms with Crippen LogP contribution in [0.4, 0.5) is 0 Å². The monoisotopic (exact) mass is 271 g/mol. The summed E-state index contributed by atoms with van der Waals surface area (Å²) in [5.41, 5.74) is 1.98. The molecule has 0 aliphatic rings. The predicted octanol–water partition coefficient (Wildman–Crippen LogP) is 4.39. The van der Waals surface area contributed by atoms with Crippen LogP contribution in [0.15, 0.2) is 41.6 Å². The lowest BCUT2D eigenvalue weighted by Gasteiger charge is -2.06. The topological polar surface area (TPSA) is 30.8 Å². The number of nitrogens with zero attached hydrogens (tertiary/aromatic N) is 1. The SMILES string of the molecule is CCCCO/N=C(\C)c1ccc2cc(OC)ccc2c1. The summed E-state index contributed by atoms with van der Waals surface area (Å²) >= 11 is 0. The van der Waals surface area contributed by atoms with Gasteiger partial charge in [0.05, 0.1) is 12.8 Å². The Hall–Kier alpha value is -2.03. The largest absolute Gasteiger partial charge is 0.497 e. The average molecular weight is 271 g/mol. The molecule has 0 unspecified atom stereocenters. The summed E-state index contributed by atoms with van der Waals surface area (Å²) in [5, 5.41) is 6.50. The zero-order valence-corrected chi connectivity index (χ0v) is 12.3. The summed E-state index contributed by atoms with van der Waals surface area (Å²) in [4.78, 5) is 5.31. The van der Waals surface area contributed by atoms with E-state index in [0.29, 0.717) is 6.61 Å². The van der Waals surface area contributed by atoms with Crippen LogP contribution in [0.2, 0.25) is 0 Å². The second-order valence-corrected chi connectivity index (χ2v) is 4.79. The van der Waals surface area contributed by atoms with Crippen LogP contribution in [0.3, 0.4) is 0 Å². The standard InChI is InChI=1S/C17H21NO2/c1-4-5-10-20-18-13(2)14-6-7-16-12-17(19-3)9-8-15(16)11-14/h6-9,11-12H,4-5,10H2,1-3H3/b18-13+. The first-order chi connectivity index (χ1) is 9.74. The van der Waals surface area contributed by atoms with E-state index in [-0.39, 0.29) is 0 Å². The van der Waals surface area contributed by atoms with Crippen molar-refractivity contribution in [3.63, 3.8) is 0 Å². The Bertz CT molecular complexity index is 605. The number of rotatable bonds is 6. The molecule has 0 heterocycles. The van der Waals surface area contributed by atoms with Crippen LogP contribution in [-0.2, 0) is 4.84 Å². The molecule has 20 heavy (non-hydrogen) atoms. The van der Waals surface area contributed by atoms with Crippen molar-refractivity contribution in [2.45, 2.75) is 26.7 Å². The fraction of sp³-hybridized carbons (Fsp3) is 0.353. The fourth-order valence-electron chi connectivity index (χ4n) is 1.98. The van der Waals surface area contributed by atoms with E-state index in [0.717, 1.165) is 35.3 Å². The molecule has 0 aliphatic carbocycles. The van der Waals surface area contributed by atoms with Gasteiger partial charge in [0.2, 0.25) is 0 Å². The summed E-state index contributed by atoms with van der Waals surface area (Å²) in [6.07, 6.45) is 2.15. The third-order valence-corrected chi connectivity index (χ3v) is 3.26. The van der Waals surface area contributed by atoms with E-state index in [2.05, 4.69) is 36.3 Å². The maximum atomic E-state index is 5.31. The molecule has 0 fully saturated rings. The van der Waals surface area contributed by atoms with Gasteiger partial charge in [0.15, 0.2) is 0 Å². The minimum Gasteiger partial charge on any atom is -0.497 e. The van der Waals surface area contributed by atoms with Crippen LogP contribution in [0, 0.1) is 0 Å². The molecule has 0 radical (unpaired) electrons. The summed E-state index contributed by atoms with van der Waals surface area (Å²) in [6, 6.07) is 12.3. The van der Waals surface area contributed by atoms with Gasteiger partial charge in [0.1, 0.15) is 12.4 Å². The third kappa shape index (κ3) is 3.50. The van der Waals surface area contributed by atoms with E-state index >= 15 is 0 Å². The van der Waals surface area contributed by atoms with Gasteiger partial charge >= 0.3 is 0 Å². The van der Waals surface area contributed by atoms with Crippen LogP contribution < -0.4 is 4.74 Å². The number of methoxy groups -OCH3 is 1. The predicted molar refractivity (Wildman–Crippen MR) is 83.6 cm³/mol. The first kappa shape index (κ1) is 14.4. The van der Waals surface area contributed by atoms with E-state index < -0.39 is 0 Å². The molecule has 0 atom stereocenters. The van der Waals surface area contributed by atoms with E-state index in [1.807, 2.05) is 19.1 Å². The van der Waals surface area contributed by atoms with Crippen molar-refractivity contribution in [2.24, 2.45) is 5.16 Å². The third-order valence-electron chi connectivity index (χ3n) is 3.26. The van der Waals surface area contributed by atoms with Gasteiger partial charge in [-0.2, -0.15) is 0 Å². The van der Waals surface area contributed by atoms with E-state index in [9.17, 15) is 0 Å². The van der Waals surface area contributed by atoms with Crippen LogP contribution in [0.25, 0.3) is 10.8 Å². The summed E-state index contributed by atoms with van der Waals surface area (Å²) in [6.45, 7) is 4.78. The van der Waals surface area contributed by atoms with Crippen LogP contribution in [0.1, 0.15) is 32.3 Å². The number of oxime groups is 1. The van der Waals surface area contributed by atoms with Crippen molar-refractivity contribution in [1.82, 2.24) is 0 Å². The quantitative estimate of drug-likeness (QED) is 0.443. The molecule has 0 saturated carbocycles. The molecule has 0 amide bonds. The van der Waals surface area contributed by atoms with Gasteiger partial charge in [0, 0.05) is 0 Å². The van der Waals surface area contributed by atoms with Crippen LogP contribution in [-0.4, -0.2) is 19.4 Å². The number of unbranched alkanes of at least 4 members (excludes halogenated alkanes) is 1. The zero-order valence-electron chi connectivity index (χ0n) is 12.3. The van der Waals surface area contributed by atoms with Crippen molar-refractivity contribution in [3.05, 3.63) is 42.0 Å². The Morgan fingerprint density at radius 1 is 1.10 bits per heavy atom. The lowest BCUT2D eigenvalue weighted by atomic mass is 10.0. The number of fused-ring (bicyclic) bond motifs is 1. The molecule has 0 spiro atoms. The highest BCUT2D eigenvalue weighted by Gasteiger charge is 2.02. The normalized spacial score (nSPS) is 11.7. The number of ether oxygens (including phenoxy) is 1. The number of benzene rings is 2. The summed E-state index contributed by atoms with van der Waals surface area (Å²) < 4.78 is 5.23. The zero-order chi connectivity index (χ0) is 14.4. The molecule has 0 aliphatic heterocycles. The van der Waals surface area contributed by atoms with E-state index in [4.69, 9.17) is 9.57 Å². The van der Waals surface area contributed by atoms with Crippen molar-refractivity contribution in [1.29, 1.82) is 0 Å². The maximum Gasteiger partial charge on any atom is 0.119 e. The minimum absolute atomic E-state index is 0.679. The van der Waals surface area contributed by atoms with E-state index in [1.165, 1.54) is 5.39 Å². The van der Waals surface area contributed by atoms with Gasteiger partial charge in [-0.05, 0) is 47.9 Å². The molecule has 3 nitrogen and oxygen atoms in total. The van der Waals surface area contributed by atoms with Crippen molar-refractivity contribution in [3.8, 4) is 5.75 Å². The van der Waals surface area contributed by atoms with E-state index in [1.54, 1.807) is 7.11 Å². The highest BCUT2D eigenvalue weighted by atomic mass is 16.6. The molecular formula is C17H21NO2. The first-order valence-corrected chi connectivity index (χ1v) is 6.99. The van der Waals surface area contributed by atoms with Gasteiger partial charge < -0.3 is 9.57 Å². The molecular weight excluding hydrogens is 250 g/mol. The molecule has 106 valence electrons. The molecule has 0 N–H and O–H groups in total. The van der Waals surface area contributed by atoms with Gasteiger partial charge in [-0.3, -0.25) is 0 Å². The lowest BCUT2D eigenvalue weighted by molar-refractivity contribution is 0.141. The first-order valence-electron chi connectivity index (χ1n) is 6.99. The number of hydrogen-bond acceptors (Lipinski definition) is 3. The van der Waals surface area contributed by atoms with Gasteiger partial charge in [0.25, 0.3) is 0 Å². The van der Waals surface area contributed by atoms with Crippen molar-refractivity contribution in [2.75, 3.05) is 13.7 Å². The maximum absolute atomic E-state index is 5.31. The number of hydrogen-bond donors (Lipinski definition) is 0. The molecule has 0 aromatic heterocycles. The Labute approximate surface area is 120 Å². The molecule has 0 saturated heterocycles. The average Bonchev–Trinajstić information content (AvgIpc) is 2.50. The fourth-order valence-corrected chi connectivity index (χ4v) is 1.98. The Morgan fingerprint density at radius 2 is 1.85 bits per heavy atom. The van der Waals surface area contributed by atoms with Gasteiger partial charge in [-0.15, -0.1) is 0 Å². The highest BCUT2D eigenvalue weighted by molar-refractivity contribution is 6.01. The Kier molecular flexibility index (Phi) is 4.99. The van der Waals surface area contributed by atoms with Gasteiger partial charge in [-0.1, -0.05) is 36.7 Å². The Balaban J connectivity index is 2.18. The van der Waals surface area contributed by atoms with Crippen LogP contribution >= 0.6 is 0 Å². The second kappa shape index (κ2) is 6.94. The molecule has 2 rings (SSSR count). The van der Waals surface area contributed by atoms with Crippen molar-refractivity contribution < 1.29 is 9.57 Å². The van der Waals surface area contributed by atoms with Crippen molar-refractivity contribution >= 4 is 16.5 Å². The molecule has 2 aromatic rings. The highest BCUT2D eigenvalue weighted by Crippen LogP contribution is 2.22. The molecule has 0 bridgehead atoms. The molecule has 2 aromatic carbocycles. The summed E-state index contributed by atoms with van der Waals surface area (Å²) in [5.74, 6) is 0.874. The second-order valence-electron chi connectivity index (χ2n) is 4.79. The van der Waals surface area contributed by atoms with Crippen LogP contribution in [0.5, 0.6) is 5.75 Å². The molecule has 3 heteroatoms. The summed E-state index contributed by atoms with van der Waals surface area (Å²) in [7, 11) is 1.68. The minimum atomic E-state index is 0.679. The smallest absolute Gasteiger partial charge is 0.119 e. The Morgan fingerprint density at radius 3 is 2.60 bits per heavy atom.